The van der Waals surface area contributed by atoms with E-state index >= 15 is 0 Å². The van der Waals surface area contributed by atoms with Crippen LogP contribution in [0.3, 0.4) is 0 Å². The number of aliphatic hydroxyl groups excluding tert-OH is 1. The van der Waals surface area contributed by atoms with Crippen molar-refractivity contribution in [2.45, 2.75) is 5.56 Å². The Hall–Kier alpha value is 0.472. The van der Waals surface area contributed by atoms with Gasteiger partial charge in [-0.05, 0) is 14.7 Å². The van der Waals surface area contributed by atoms with Crippen LogP contribution in [0.2, 0.25) is 0 Å². The third-order valence-electron chi connectivity index (χ3n) is 1.21. The number of rotatable bonds is 3. The van der Waals surface area contributed by atoms with Crippen LogP contribution < -0.4 is 9.79 Å². The fourth-order valence-corrected chi connectivity index (χ4v) is 1.25. The normalized spacial score (nSPS) is 12.5. The van der Waals surface area contributed by atoms with E-state index in [9.17, 15) is 18.9 Å². The molecule has 1 aromatic rings. The molecule has 0 saturated heterocycles. The number of halogens is 1. The van der Waals surface area contributed by atoms with Crippen LogP contribution in [-0.2, 0) is 40.7 Å². The molecule has 0 aliphatic rings. The van der Waals surface area contributed by atoms with Crippen LogP contribution in [0.4, 0.5) is 0 Å². The van der Waals surface area contributed by atoms with Gasteiger partial charge in [-0.15, -0.1) is 0 Å². The molecule has 1 aromatic carbocycles. The summed E-state index contributed by atoms with van der Waals surface area (Å²) in [6.45, 7) is 0. The summed E-state index contributed by atoms with van der Waals surface area (Å²) in [7, 11) is -6.47. The van der Waals surface area contributed by atoms with E-state index in [-0.39, 0.29) is 27.3 Å². The SMILES string of the molecule is O=[P+]([O-])O[P+](=O)[O-].OC(Cl)c1ccccc1.[Cd+2]. The molecule has 0 fully saturated rings. The van der Waals surface area contributed by atoms with Gasteiger partial charge in [0.15, 0.2) is 5.56 Å². The minimum Gasteiger partial charge on any atom is -0.563 e. The maximum atomic E-state index is 9.24. The molecule has 0 spiro atoms. The van der Waals surface area contributed by atoms with Gasteiger partial charge in [-0.2, -0.15) is 0 Å². The number of alkyl halides is 1. The van der Waals surface area contributed by atoms with E-state index in [1.165, 1.54) is 0 Å². The Labute approximate surface area is 125 Å². The van der Waals surface area contributed by atoms with E-state index in [0.717, 1.165) is 5.56 Å². The van der Waals surface area contributed by atoms with E-state index in [2.05, 4.69) is 4.31 Å². The van der Waals surface area contributed by atoms with Gasteiger partial charge in [0.1, 0.15) is 4.31 Å². The standard InChI is InChI=1S/C7H7ClO.Cd.O5P2/c8-7(9)6-4-2-1-3-5-6;;1-6(2)5-7(3)4/h1-5,7,9H;;/q;+2;. The quantitative estimate of drug-likeness (QED) is 0.462. The summed E-state index contributed by atoms with van der Waals surface area (Å²) in [6.07, 6.45) is 0. The van der Waals surface area contributed by atoms with Gasteiger partial charge in [0.25, 0.3) is 0 Å². The number of hydrogen-bond donors (Lipinski definition) is 1. The van der Waals surface area contributed by atoms with Gasteiger partial charge in [-0.3, -0.25) is 0 Å². The number of hydrogen-bond acceptors (Lipinski definition) is 6. The van der Waals surface area contributed by atoms with Crippen LogP contribution in [0, 0.1) is 0 Å². The van der Waals surface area contributed by atoms with Crippen molar-refractivity contribution in [3.63, 3.8) is 0 Å². The van der Waals surface area contributed by atoms with Crippen LogP contribution >= 0.6 is 28.1 Å². The van der Waals surface area contributed by atoms with Crippen molar-refractivity contribution in [2.24, 2.45) is 0 Å². The zero-order chi connectivity index (χ0) is 12.6. The Morgan fingerprint density at radius 3 is 1.76 bits per heavy atom. The molecule has 0 amide bonds. The Morgan fingerprint density at radius 2 is 1.59 bits per heavy atom. The second kappa shape index (κ2) is 11.6. The zero-order valence-corrected chi connectivity index (χ0v) is 15.0. The van der Waals surface area contributed by atoms with Gasteiger partial charge in [0, 0.05) is 0 Å². The van der Waals surface area contributed by atoms with Gasteiger partial charge >= 0.3 is 43.8 Å². The molecule has 6 nitrogen and oxygen atoms in total. The summed E-state index contributed by atoms with van der Waals surface area (Å²) in [5.41, 5.74) is -0.134. The van der Waals surface area contributed by atoms with Crippen molar-refractivity contribution in [2.75, 3.05) is 0 Å². The van der Waals surface area contributed by atoms with E-state index in [1.807, 2.05) is 18.2 Å². The molecule has 0 bridgehead atoms. The zero-order valence-electron chi connectivity index (χ0n) is 8.43. The van der Waals surface area contributed by atoms with Crippen LogP contribution in [0.15, 0.2) is 30.3 Å². The largest absolute Gasteiger partial charge is 2.00 e. The summed E-state index contributed by atoms with van der Waals surface area (Å²) in [5.74, 6) is 0. The first-order valence-corrected chi connectivity index (χ1v) is 6.40. The molecule has 17 heavy (non-hydrogen) atoms. The molecular formula is C7H7CdClO6P2+2. The monoisotopic (exact) mass is 398 g/mol. The second-order valence-electron chi connectivity index (χ2n) is 2.28. The minimum absolute atomic E-state index is 0. The fourth-order valence-electron chi connectivity index (χ4n) is 0.666. The minimum atomic E-state index is -3.24. The van der Waals surface area contributed by atoms with Crippen molar-refractivity contribution in [3.05, 3.63) is 35.9 Å². The fraction of sp³-hybridized carbons (Fsp3) is 0.143. The first kappa shape index (κ1) is 19.8. The van der Waals surface area contributed by atoms with E-state index in [4.69, 9.17) is 16.7 Å². The average Bonchev–Trinajstić information content (AvgIpc) is 2.17. The predicted molar refractivity (Wildman–Crippen MR) is 53.6 cm³/mol. The molecule has 0 aliphatic heterocycles. The molecule has 1 N–H and O–H groups in total. The molecule has 0 aromatic heterocycles. The average molecular weight is 397 g/mol. The Balaban J connectivity index is 0. The molecule has 88 valence electrons. The first-order chi connectivity index (χ1) is 7.43. The summed E-state index contributed by atoms with van der Waals surface area (Å²) >= 11 is 5.36. The molecule has 3 atom stereocenters. The summed E-state index contributed by atoms with van der Waals surface area (Å²) in [5, 5.41) is 8.79. The molecule has 0 saturated carbocycles. The summed E-state index contributed by atoms with van der Waals surface area (Å²) in [4.78, 5) is 18.5. The van der Waals surface area contributed by atoms with E-state index in [0.29, 0.717) is 0 Å². The molecule has 0 aliphatic carbocycles. The van der Waals surface area contributed by atoms with Gasteiger partial charge in [0.05, 0.1) is 0 Å². The van der Waals surface area contributed by atoms with Crippen LogP contribution in [0.5, 0.6) is 0 Å². The molecule has 1 rings (SSSR count). The van der Waals surface area contributed by atoms with Crippen molar-refractivity contribution < 1.29 is 55.6 Å². The summed E-state index contributed by atoms with van der Waals surface area (Å²) in [6, 6.07) is 9.10. The van der Waals surface area contributed by atoms with Crippen molar-refractivity contribution in [1.29, 1.82) is 0 Å². The molecule has 0 radical (unpaired) electrons. The third-order valence-corrected chi connectivity index (χ3v) is 2.53. The maximum Gasteiger partial charge on any atom is 2.00 e. The number of aliphatic hydroxyl groups is 1. The summed E-state index contributed by atoms with van der Waals surface area (Å²) < 4.78 is 21.6. The third kappa shape index (κ3) is 12.7. The van der Waals surface area contributed by atoms with Gasteiger partial charge in [-0.1, -0.05) is 41.9 Å². The topological polar surface area (TPSA) is 110 Å². The molecule has 0 heterocycles. The first-order valence-electron chi connectivity index (χ1n) is 3.77. The van der Waals surface area contributed by atoms with Gasteiger partial charge in [0.2, 0.25) is 0 Å². The Kier molecular flexibility index (Phi) is 13.5. The van der Waals surface area contributed by atoms with Crippen LogP contribution in [0.25, 0.3) is 0 Å². The van der Waals surface area contributed by atoms with Crippen molar-refractivity contribution in [3.8, 4) is 0 Å². The maximum absolute atomic E-state index is 9.24. The molecular weight excluding hydrogens is 390 g/mol. The smallest absolute Gasteiger partial charge is 0.563 e. The van der Waals surface area contributed by atoms with Crippen molar-refractivity contribution >= 4 is 28.1 Å². The second-order valence-corrected chi connectivity index (χ2v) is 4.24. The van der Waals surface area contributed by atoms with Crippen LogP contribution in [-0.4, -0.2) is 5.11 Å². The number of benzene rings is 1. The van der Waals surface area contributed by atoms with Crippen molar-refractivity contribution in [1.82, 2.24) is 0 Å². The Bertz CT molecular complexity index is 337. The molecule has 3 unspecified atom stereocenters. The van der Waals surface area contributed by atoms with Crippen LogP contribution in [0.1, 0.15) is 11.1 Å². The predicted octanol–water partition coefficient (Wildman–Crippen LogP) is 0.952. The van der Waals surface area contributed by atoms with E-state index < -0.39 is 22.1 Å². The van der Waals surface area contributed by atoms with Gasteiger partial charge in [-0.25, -0.2) is 0 Å². The van der Waals surface area contributed by atoms with E-state index in [1.54, 1.807) is 12.1 Å². The van der Waals surface area contributed by atoms with Gasteiger partial charge < -0.3 is 14.9 Å². The Morgan fingerprint density at radius 1 is 1.18 bits per heavy atom. The molecule has 10 heteroatoms.